The van der Waals surface area contributed by atoms with Crippen molar-refractivity contribution in [2.45, 2.75) is 39.9 Å². The van der Waals surface area contributed by atoms with Gasteiger partial charge in [0.15, 0.2) is 0 Å². The van der Waals surface area contributed by atoms with Crippen LogP contribution in [0.4, 0.5) is 0 Å². The molecule has 0 spiro atoms. The molecule has 0 unspecified atom stereocenters. The highest BCUT2D eigenvalue weighted by Crippen LogP contribution is 2.24. The average molecular weight is 473 g/mol. The number of amides is 2. The Labute approximate surface area is 198 Å². The maximum Gasteiger partial charge on any atom is 0.254 e. The average Bonchev–Trinajstić information content (AvgIpc) is 3.18. The molecule has 1 heterocycles. The number of rotatable bonds is 8. The summed E-state index contributed by atoms with van der Waals surface area (Å²) in [5.41, 5.74) is 1.38. The molecule has 7 heteroatoms. The third-order valence-corrected chi connectivity index (χ3v) is 5.81. The third-order valence-electron chi connectivity index (χ3n) is 5.07. The molecule has 2 amide bonds. The molecule has 1 aromatic heterocycles. The molecular weight excluding hydrogens is 447 g/mol. The topological polar surface area (TPSA) is 53.8 Å². The highest BCUT2D eigenvalue weighted by molar-refractivity contribution is 6.42. The molecule has 0 bridgehead atoms. The van der Waals surface area contributed by atoms with Crippen LogP contribution in [0.5, 0.6) is 0 Å². The lowest BCUT2D eigenvalue weighted by molar-refractivity contribution is -0.133. The van der Waals surface area contributed by atoms with Crippen LogP contribution in [-0.2, 0) is 17.9 Å². The van der Waals surface area contributed by atoms with E-state index in [1.165, 1.54) is 11.0 Å². The summed E-state index contributed by atoms with van der Waals surface area (Å²) in [6.45, 7) is 6.27. The lowest BCUT2D eigenvalue weighted by atomic mass is 10.1. The molecule has 0 N–H and O–H groups in total. The maximum atomic E-state index is 13.4. The zero-order valence-electron chi connectivity index (χ0n) is 18.3. The number of halogens is 2. The van der Waals surface area contributed by atoms with Crippen LogP contribution in [0.1, 0.15) is 41.3 Å². The SMILES string of the molecule is Cc1ccc(CN(Cc2ccccc2)C(=O)CN(C(=O)c2ccc(Cl)c(Cl)c2)C(C)C)o1. The van der Waals surface area contributed by atoms with Crippen LogP contribution in [-0.4, -0.2) is 34.2 Å². The zero-order valence-corrected chi connectivity index (χ0v) is 19.9. The van der Waals surface area contributed by atoms with Crippen molar-refractivity contribution in [1.29, 1.82) is 0 Å². The molecule has 0 saturated heterocycles. The van der Waals surface area contributed by atoms with Gasteiger partial charge in [0, 0.05) is 18.2 Å². The van der Waals surface area contributed by atoms with Gasteiger partial charge in [-0.15, -0.1) is 0 Å². The predicted octanol–water partition coefficient (Wildman–Crippen LogP) is 5.97. The second kappa shape index (κ2) is 10.7. The van der Waals surface area contributed by atoms with Gasteiger partial charge in [-0.3, -0.25) is 9.59 Å². The molecule has 3 rings (SSSR count). The molecule has 0 fully saturated rings. The number of aryl methyl sites for hydroxylation is 1. The Morgan fingerprint density at radius 3 is 2.25 bits per heavy atom. The summed E-state index contributed by atoms with van der Waals surface area (Å²) < 4.78 is 5.69. The van der Waals surface area contributed by atoms with Crippen molar-refractivity contribution in [2.24, 2.45) is 0 Å². The summed E-state index contributed by atoms with van der Waals surface area (Å²) in [6, 6.07) is 18.0. The molecule has 2 aromatic carbocycles. The lowest BCUT2D eigenvalue weighted by Crippen LogP contribution is -2.45. The van der Waals surface area contributed by atoms with Crippen molar-refractivity contribution in [3.8, 4) is 0 Å². The summed E-state index contributed by atoms with van der Waals surface area (Å²) in [7, 11) is 0. The first-order valence-electron chi connectivity index (χ1n) is 10.4. The summed E-state index contributed by atoms with van der Waals surface area (Å²) in [6.07, 6.45) is 0. The van der Waals surface area contributed by atoms with Gasteiger partial charge in [0.2, 0.25) is 5.91 Å². The van der Waals surface area contributed by atoms with Crippen molar-refractivity contribution in [3.05, 3.63) is 93.4 Å². The van der Waals surface area contributed by atoms with Crippen LogP contribution in [0, 0.1) is 6.92 Å². The molecule has 0 radical (unpaired) electrons. The van der Waals surface area contributed by atoms with Crippen LogP contribution in [0.15, 0.2) is 65.1 Å². The van der Waals surface area contributed by atoms with E-state index >= 15 is 0 Å². The number of nitrogens with zero attached hydrogens (tertiary/aromatic N) is 2. The van der Waals surface area contributed by atoms with Gasteiger partial charge >= 0.3 is 0 Å². The molecule has 0 atom stereocenters. The Hall–Kier alpha value is -2.76. The Kier molecular flexibility index (Phi) is 7.99. The van der Waals surface area contributed by atoms with Crippen LogP contribution in [0.2, 0.25) is 10.0 Å². The Bertz CT molecular complexity index is 1080. The molecule has 5 nitrogen and oxygen atoms in total. The summed E-state index contributed by atoms with van der Waals surface area (Å²) in [5.74, 6) is 1.02. The second-order valence-corrected chi connectivity index (χ2v) is 8.72. The molecule has 0 saturated carbocycles. The van der Waals surface area contributed by atoms with Crippen molar-refractivity contribution >= 4 is 35.0 Å². The summed E-state index contributed by atoms with van der Waals surface area (Å²) in [4.78, 5) is 29.8. The van der Waals surface area contributed by atoms with Crippen LogP contribution in [0.25, 0.3) is 0 Å². The Balaban J connectivity index is 1.82. The first-order valence-corrected chi connectivity index (χ1v) is 11.1. The smallest absolute Gasteiger partial charge is 0.254 e. The van der Waals surface area contributed by atoms with Crippen LogP contribution in [0.3, 0.4) is 0 Å². The number of furan rings is 1. The summed E-state index contributed by atoms with van der Waals surface area (Å²) >= 11 is 12.1. The normalized spacial score (nSPS) is 10.9. The van der Waals surface area contributed by atoms with E-state index in [4.69, 9.17) is 27.6 Å². The van der Waals surface area contributed by atoms with Gasteiger partial charge < -0.3 is 14.2 Å². The molecule has 0 aliphatic heterocycles. The number of carbonyl (C=O) groups excluding carboxylic acids is 2. The van der Waals surface area contributed by atoms with Crippen molar-refractivity contribution in [3.63, 3.8) is 0 Å². The van der Waals surface area contributed by atoms with E-state index in [1.54, 1.807) is 17.0 Å². The number of benzene rings is 2. The molecule has 3 aromatic rings. The number of carbonyl (C=O) groups is 2. The van der Waals surface area contributed by atoms with Crippen LogP contribution >= 0.6 is 23.2 Å². The van der Waals surface area contributed by atoms with E-state index in [9.17, 15) is 9.59 Å². The Morgan fingerprint density at radius 2 is 1.66 bits per heavy atom. The van der Waals surface area contributed by atoms with E-state index in [-0.39, 0.29) is 24.4 Å². The Morgan fingerprint density at radius 1 is 0.938 bits per heavy atom. The molecule has 0 aliphatic rings. The fraction of sp³-hybridized carbons (Fsp3) is 0.280. The van der Waals surface area contributed by atoms with Crippen molar-refractivity contribution in [1.82, 2.24) is 9.80 Å². The fourth-order valence-electron chi connectivity index (χ4n) is 3.32. The highest BCUT2D eigenvalue weighted by Gasteiger charge is 2.25. The second-order valence-electron chi connectivity index (χ2n) is 7.90. The van der Waals surface area contributed by atoms with Gasteiger partial charge in [0.25, 0.3) is 5.91 Å². The largest absolute Gasteiger partial charge is 0.464 e. The number of hydrogen-bond donors (Lipinski definition) is 0. The number of hydrogen-bond acceptors (Lipinski definition) is 3. The van der Waals surface area contributed by atoms with Gasteiger partial charge in [-0.2, -0.15) is 0 Å². The van der Waals surface area contributed by atoms with Gasteiger partial charge in [0.1, 0.15) is 18.1 Å². The summed E-state index contributed by atoms with van der Waals surface area (Å²) in [5, 5.41) is 0.671. The highest BCUT2D eigenvalue weighted by atomic mass is 35.5. The van der Waals surface area contributed by atoms with E-state index in [2.05, 4.69) is 0 Å². The van der Waals surface area contributed by atoms with E-state index in [0.29, 0.717) is 34.5 Å². The van der Waals surface area contributed by atoms with Gasteiger partial charge in [-0.1, -0.05) is 53.5 Å². The van der Waals surface area contributed by atoms with Gasteiger partial charge in [-0.05, 0) is 56.7 Å². The quantitative estimate of drug-likeness (QED) is 0.405. The first kappa shape index (κ1) is 23.9. The fourth-order valence-corrected chi connectivity index (χ4v) is 3.62. The first-order chi connectivity index (χ1) is 15.2. The third kappa shape index (κ3) is 6.15. The minimum atomic E-state index is -0.277. The minimum absolute atomic E-state index is 0.0662. The van der Waals surface area contributed by atoms with E-state index < -0.39 is 0 Å². The van der Waals surface area contributed by atoms with Gasteiger partial charge in [0.05, 0.1) is 16.6 Å². The van der Waals surface area contributed by atoms with Crippen LogP contribution < -0.4 is 0 Å². The molecular formula is C25H26Cl2N2O3. The molecule has 0 aliphatic carbocycles. The monoisotopic (exact) mass is 472 g/mol. The minimum Gasteiger partial charge on any atom is -0.464 e. The lowest BCUT2D eigenvalue weighted by Gasteiger charge is -2.30. The zero-order chi connectivity index (χ0) is 23.3. The standard InChI is InChI=1S/C25H26Cl2N2O3/c1-17(2)29(25(31)20-10-12-22(26)23(27)13-20)16-24(30)28(14-19-7-5-4-6-8-19)15-21-11-9-18(3)32-21/h4-13,17H,14-16H2,1-3H3. The van der Waals surface area contributed by atoms with Gasteiger partial charge in [-0.25, -0.2) is 0 Å². The van der Waals surface area contributed by atoms with E-state index in [1.807, 2.05) is 63.2 Å². The van der Waals surface area contributed by atoms with E-state index in [0.717, 1.165) is 11.3 Å². The predicted molar refractivity (Wildman–Crippen MR) is 127 cm³/mol. The molecule has 168 valence electrons. The molecule has 32 heavy (non-hydrogen) atoms. The van der Waals surface area contributed by atoms with Crippen molar-refractivity contribution in [2.75, 3.05) is 6.54 Å². The maximum absolute atomic E-state index is 13.4. The van der Waals surface area contributed by atoms with Crippen molar-refractivity contribution < 1.29 is 14.0 Å².